The predicted octanol–water partition coefficient (Wildman–Crippen LogP) is 1.86. The Balaban J connectivity index is 1.30. The maximum absolute atomic E-state index is 14.2. The second-order valence-electron chi connectivity index (χ2n) is 14.4. The minimum absolute atomic E-state index is 0.0316. The van der Waals surface area contributed by atoms with Gasteiger partial charge in [-0.25, -0.2) is 4.79 Å². The summed E-state index contributed by atoms with van der Waals surface area (Å²) in [5, 5.41) is 75.9. The van der Waals surface area contributed by atoms with Gasteiger partial charge < -0.3 is 82.8 Å². The van der Waals surface area contributed by atoms with Crippen molar-refractivity contribution in [3.63, 3.8) is 0 Å². The number of aliphatic hydroxyl groups excluding tert-OH is 4. The third-order valence-electron chi connectivity index (χ3n) is 10.1. The Morgan fingerprint density at radius 1 is 0.790 bits per heavy atom. The number of hydrogen-bond acceptors (Lipinski definition) is 20. The number of fused-ring (bicyclic) bond motifs is 1. The number of esters is 2. The molecule has 3 heterocycles. The van der Waals surface area contributed by atoms with E-state index >= 15 is 0 Å². The second-order valence-corrected chi connectivity index (χ2v) is 14.4. The van der Waals surface area contributed by atoms with Crippen LogP contribution < -0.4 is 24.4 Å². The lowest BCUT2D eigenvalue weighted by Gasteiger charge is -2.46. The molecular formula is C42H46O20. The first-order valence-corrected chi connectivity index (χ1v) is 19.0. The maximum atomic E-state index is 14.2. The normalized spacial score (nSPS) is 26.4. The summed E-state index contributed by atoms with van der Waals surface area (Å²) in [6, 6.07) is 11.0. The molecule has 2 fully saturated rings. The molecule has 7 N–H and O–H groups in total. The SMILES string of the molecule is COc1ccc(-c2oc3cc(O)cc(O)c3c(=O)c2O[C@@H]2O[C@H](COC(C)=O)[C@@H](O)[C@H](O)[C@H]2O[C@@H]2O[C@@H](C)[C@H](OC(=O)/C(C)=C/c3cc(OC)c(O)c(OC)c3)[C@@H](O)[C@H]2O)cc1. The van der Waals surface area contributed by atoms with Gasteiger partial charge in [-0.05, 0) is 61.9 Å². The Hall–Kier alpha value is -6.13. The van der Waals surface area contributed by atoms with E-state index in [-0.39, 0.29) is 39.7 Å². The van der Waals surface area contributed by atoms with Crippen molar-refractivity contribution in [3.05, 3.63) is 69.9 Å². The van der Waals surface area contributed by atoms with Crippen molar-refractivity contribution in [2.45, 2.75) is 82.2 Å². The molecule has 0 bridgehead atoms. The molecule has 20 nitrogen and oxygen atoms in total. The second kappa shape index (κ2) is 18.9. The zero-order valence-corrected chi connectivity index (χ0v) is 34.1. The Bertz CT molecular complexity index is 2330. The number of ether oxygens (including phenoxy) is 9. The predicted molar refractivity (Wildman–Crippen MR) is 212 cm³/mol. The van der Waals surface area contributed by atoms with E-state index in [9.17, 15) is 50.1 Å². The molecule has 62 heavy (non-hydrogen) atoms. The molecule has 0 saturated carbocycles. The van der Waals surface area contributed by atoms with Crippen LogP contribution >= 0.6 is 0 Å². The van der Waals surface area contributed by atoms with Crippen LogP contribution in [0.2, 0.25) is 0 Å². The van der Waals surface area contributed by atoms with Crippen molar-refractivity contribution in [1.29, 1.82) is 0 Å². The van der Waals surface area contributed by atoms with Crippen LogP contribution in [0.1, 0.15) is 26.3 Å². The Kier molecular flexibility index (Phi) is 13.8. The number of phenolic OH excluding ortho intramolecular Hbond substituents is 3. The average Bonchev–Trinajstić information content (AvgIpc) is 3.24. The summed E-state index contributed by atoms with van der Waals surface area (Å²) in [5.41, 5.74) is -0.573. The molecule has 0 unspecified atom stereocenters. The van der Waals surface area contributed by atoms with E-state index in [0.29, 0.717) is 11.3 Å². The van der Waals surface area contributed by atoms with E-state index in [4.69, 9.17) is 47.0 Å². The molecule has 0 spiro atoms. The first kappa shape index (κ1) is 45.4. The summed E-state index contributed by atoms with van der Waals surface area (Å²) in [7, 11) is 4.10. The van der Waals surface area contributed by atoms with Gasteiger partial charge in [0.1, 0.15) is 65.3 Å². The fourth-order valence-electron chi connectivity index (χ4n) is 6.86. The van der Waals surface area contributed by atoms with Crippen LogP contribution in [-0.2, 0) is 33.3 Å². The minimum Gasteiger partial charge on any atom is -0.508 e. The number of hydrogen-bond donors (Lipinski definition) is 7. The number of phenols is 3. The van der Waals surface area contributed by atoms with E-state index in [1.807, 2.05) is 0 Å². The van der Waals surface area contributed by atoms with Gasteiger partial charge in [0.15, 0.2) is 35.8 Å². The fraction of sp³-hybridized carbons (Fsp3) is 0.405. The number of carbonyl (C=O) groups is 2. The van der Waals surface area contributed by atoms with Gasteiger partial charge in [-0.1, -0.05) is 0 Å². The van der Waals surface area contributed by atoms with Gasteiger partial charge in [-0.2, -0.15) is 0 Å². The standard InChI is InChI=1S/C42H46O20/c1-17(11-20-12-26(54-5)30(46)27(13-20)55-6)40(52)60-36-18(2)57-41(35(51)34(36)50)62-39-33(49)31(47)28(16-56-19(3)43)59-42(39)61-38-32(48)29-24(45)14-22(44)15-25(29)58-37(38)21-7-9-23(53-4)10-8-21/h7-15,18,28,31,33-36,39,41-42,44-47,49-51H,16H2,1-6H3/b17-11+/t18-,28+,31+,33-,34-,35+,36-,39+,41-,42-/m0/s1. The number of methoxy groups -OCH3 is 3. The number of rotatable bonds is 13. The number of aromatic hydroxyl groups is 3. The number of carbonyl (C=O) groups excluding carboxylic acids is 2. The van der Waals surface area contributed by atoms with Crippen LogP contribution in [-0.4, -0.2) is 137 Å². The zero-order valence-electron chi connectivity index (χ0n) is 34.1. The molecule has 6 rings (SSSR count). The van der Waals surface area contributed by atoms with Crippen LogP contribution in [0.4, 0.5) is 0 Å². The smallest absolute Gasteiger partial charge is 0.334 e. The average molecular weight is 871 g/mol. The van der Waals surface area contributed by atoms with Gasteiger partial charge in [0, 0.05) is 30.2 Å². The quantitative estimate of drug-likeness (QED) is 0.0745. The Labute approximate surface area is 352 Å². The minimum atomic E-state index is -1.99. The molecule has 0 aliphatic carbocycles. The number of aliphatic hydroxyl groups is 4. The molecule has 334 valence electrons. The molecule has 0 radical (unpaired) electrons. The Morgan fingerprint density at radius 2 is 1.44 bits per heavy atom. The highest BCUT2D eigenvalue weighted by molar-refractivity contribution is 5.93. The molecule has 3 aromatic carbocycles. The van der Waals surface area contributed by atoms with Crippen LogP contribution in [0, 0.1) is 0 Å². The lowest BCUT2D eigenvalue weighted by molar-refractivity contribution is -0.355. The van der Waals surface area contributed by atoms with Crippen molar-refractivity contribution >= 4 is 29.0 Å². The van der Waals surface area contributed by atoms with E-state index < -0.39 is 108 Å². The molecular weight excluding hydrogens is 824 g/mol. The lowest BCUT2D eigenvalue weighted by atomic mass is 9.97. The van der Waals surface area contributed by atoms with Crippen molar-refractivity contribution in [2.75, 3.05) is 27.9 Å². The van der Waals surface area contributed by atoms with Gasteiger partial charge in [-0.15, -0.1) is 0 Å². The van der Waals surface area contributed by atoms with E-state index in [0.717, 1.165) is 19.1 Å². The van der Waals surface area contributed by atoms with Crippen LogP contribution in [0.5, 0.6) is 40.2 Å². The van der Waals surface area contributed by atoms with E-state index in [1.54, 1.807) is 12.1 Å². The van der Waals surface area contributed by atoms with Gasteiger partial charge >= 0.3 is 11.9 Å². The molecule has 1 aromatic heterocycles. The molecule has 2 aliphatic rings. The molecule has 0 amide bonds. The summed E-state index contributed by atoms with van der Waals surface area (Å²) < 4.78 is 56.1. The van der Waals surface area contributed by atoms with E-state index in [2.05, 4.69) is 0 Å². The van der Waals surface area contributed by atoms with Crippen molar-refractivity contribution in [1.82, 2.24) is 0 Å². The third-order valence-corrected chi connectivity index (χ3v) is 10.1. The van der Waals surface area contributed by atoms with Crippen molar-refractivity contribution in [3.8, 4) is 51.6 Å². The van der Waals surface area contributed by atoms with Gasteiger partial charge in [0.05, 0.1) is 27.4 Å². The fourth-order valence-corrected chi connectivity index (χ4v) is 6.86. The van der Waals surface area contributed by atoms with E-state index in [1.165, 1.54) is 65.5 Å². The summed E-state index contributed by atoms with van der Waals surface area (Å²) >= 11 is 0. The van der Waals surface area contributed by atoms with Gasteiger partial charge in [-0.3, -0.25) is 9.59 Å². The first-order valence-electron chi connectivity index (χ1n) is 19.0. The molecule has 10 atom stereocenters. The monoisotopic (exact) mass is 870 g/mol. The van der Waals surface area contributed by atoms with Crippen LogP contribution in [0.3, 0.4) is 0 Å². The molecule has 4 aromatic rings. The summed E-state index contributed by atoms with van der Waals surface area (Å²) in [5.74, 6) is -3.33. The summed E-state index contributed by atoms with van der Waals surface area (Å²) in [6.07, 6.45) is -16.1. The van der Waals surface area contributed by atoms with Crippen LogP contribution in [0.15, 0.2) is 63.3 Å². The van der Waals surface area contributed by atoms with Crippen molar-refractivity contribution < 1.29 is 92.4 Å². The topological polar surface area (TPSA) is 289 Å². The van der Waals surface area contributed by atoms with Crippen LogP contribution in [0.25, 0.3) is 28.4 Å². The highest BCUT2D eigenvalue weighted by Crippen LogP contribution is 2.40. The van der Waals surface area contributed by atoms with Gasteiger partial charge in [0.2, 0.25) is 23.2 Å². The maximum Gasteiger partial charge on any atom is 0.334 e. The first-order chi connectivity index (χ1) is 29.4. The van der Waals surface area contributed by atoms with Crippen molar-refractivity contribution in [2.24, 2.45) is 0 Å². The lowest BCUT2D eigenvalue weighted by Crippen LogP contribution is -2.65. The highest BCUT2D eigenvalue weighted by Gasteiger charge is 2.52. The molecule has 20 heteroatoms. The largest absolute Gasteiger partial charge is 0.508 e. The molecule has 2 saturated heterocycles. The number of benzene rings is 3. The zero-order chi connectivity index (χ0) is 45.2. The Morgan fingerprint density at radius 3 is 2.05 bits per heavy atom. The summed E-state index contributed by atoms with van der Waals surface area (Å²) in [4.78, 5) is 39.1. The molecule has 2 aliphatic heterocycles. The highest BCUT2D eigenvalue weighted by atomic mass is 16.8. The van der Waals surface area contributed by atoms with Gasteiger partial charge in [0.25, 0.3) is 0 Å². The third kappa shape index (κ3) is 9.36. The summed E-state index contributed by atoms with van der Waals surface area (Å²) in [6.45, 7) is 3.31.